The van der Waals surface area contributed by atoms with Crippen molar-refractivity contribution < 1.29 is 9.36 Å². The number of hydrogen-bond donors (Lipinski definition) is 0. The molecule has 0 N–H and O–H groups in total. The van der Waals surface area contributed by atoms with Crippen LogP contribution in [0.3, 0.4) is 0 Å². The van der Waals surface area contributed by atoms with E-state index in [4.69, 9.17) is 0 Å². The Balaban J connectivity index is 3.03. The molecular formula is C24H40O2P. The molecule has 1 radical (unpaired) electrons. The van der Waals surface area contributed by atoms with Crippen molar-refractivity contribution in [3.63, 3.8) is 0 Å². The van der Waals surface area contributed by atoms with Crippen molar-refractivity contribution in [2.45, 2.75) is 99.6 Å². The highest BCUT2D eigenvalue weighted by Gasteiger charge is 2.29. The van der Waals surface area contributed by atoms with Gasteiger partial charge in [0.2, 0.25) is 5.52 Å². The van der Waals surface area contributed by atoms with Gasteiger partial charge in [-0.2, -0.15) is 0 Å². The molecule has 0 fully saturated rings. The number of hydrogen-bond acceptors (Lipinski definition) is 2. The van der Waals surface area contributed by atoms with Crippen molar-refractivity contribution in [3.05, 3.63) is 34.4 Å². The summed E-state index contributed by atoms with van der Waals surface area (Å²) in [6, 6.07) is 4.05. The molecule has 0 aliphatic heterocycles. The lowest BCUT2D eigenvalue weighted by Crippen LogP contribution is -2.17. The van der Waals surface area contributed by atoms with E-state index in [1.807, 2.05) is 32.9 Å². The van der Waals surface area contributed by atoms with E-state index in [9.17, 15) is 9.36 Å². The molecule has 3 atom stereocenters. The monoisotopic (exact) mass is 391 g/mol. The minimum atomic E-state index is -1.90. The van der Waals surface area contributed by atoms with Gasteiger partial charge in [-0.15, -0.1) is 0 Å². The molecule has 1 rings (SSSR count). The molecular weight excluding hydrogens is 351 g/mol. The van der Waals surface area contributed by atoms with Crippen LogP contribution in [0.4, 0.5) is 0 Å². The first-order valence-electron chi connectivity index (χ1n) is 10.5. The van der Waals surface area contributed by atoms with E-state index >= 15 is 0 Å². The Morgan fingerprint density at radius 2 is 1.63 bits per heavy atom. The molecule has 1 aromatic carbocycles. The molecule has 0 aliphatic carbocycles. The Labute approximate surface area is 168 Å². The molecule has 3 heteroatoms. The fraction of sp³-hybridized carbons (Fsp3) is 0.708. The van der Waals surface area contributed by atoms with Gasteiger partial charge >= 0.3 is 0 Å². The van der Waals surface area contributed by atoms with Crippen LogP contribution in [0.5, 0.6) is 0 Å². The molecule has 0 spiro atoms. The van der Waals surface area contributed by atoms with E-state index in [-0.39, 0.29) is 16.6 Å². The molecule has 153 valence electrons. The first-order chi connectivity index (χ1) is 12.5. The number of rotatable bonds is 10. The average molecular weight is 392 g/mol. The van der Waals surface area contributed by atoms with Crippen LogP contribution < -0.4 is 0 Å². The van der Waals surface area contributed by atoms with E-state index in [0.717, 1.165) is 55.2 Å². The fourth-order valence-corrected chi connectivity index (χ4v) is 6.22. The molecule has 0 amide bonds. The van der Waals surface area contributed by atoms with Crippen LogP contribution in [0, 0.1) is 32.1 Å². The molecule has 2 nitrogen and oxygen atoms in total. The highest BCUT2D eigenvalue weighted by atomic mass is 31.1. The highest BCUT2D eigenvalue weighted by Crippen LogP contribution is 2.42. The Morgan fingerprint density at radius 3 is 2.11 bits per heavy atom. The summed E-state index contributed by atoms with van der Waals surface area (Å²) in [7, 11) is -1.90. The maximum absolute atomic E-state index is 13.3. The summed E-state index contributed by atoms with van der Waals surface area (Å²) in [5, 5.41) is 0. The zero-order valence-corrected chi connectivity index (χ0v) is 19.7. The Morgan fingerprint density at radius 1 is 1.07 bits per heavy atom. The highest BCUT2D eigenvalue weighted by molar-refractivity contribution is 7.65. The van der Waals surface area contributed by atoms with Crippen LogP contribution in [0.1, 0.15) is 100 Å². The number of carbonyl (C=O) groups is 1. The van der Waals surface area contributed by atoms with Crippen molar-refractivity contribution in [2.75, 3.05) is 0 Å². The lowest BCUT2D eigenvalue weighted by atomic mass is 9.83. The maximum atomic E-state index is 13.3. The largest absolute Gasteiger partial charge is 0.281 e. The van der Waals surface area contributed by atoms with Gasteiger partial charge in [0, 0.05) is 11.2 Å². The topological polar surface area (TPSA) is 34.1 Å². The van der Waals surface area contributed by atoms with Gasteiger partial charge in [0.1, 0.15) is 7.80 Å². The van der Waals surface area contributed by atoms with Crippen LogP contribution in [-0.2, 0) is 4.57 Å². The Kier molecular flexibility index (Phi) is 9.35. The zero-order chi connectivity index (χ0) is 20.8. The SMILES string of the molecule is CCCCCC(CC(C)CC(C)(C)C)[P](=O)C(=O)c1c(C)cc(C)cc1C. The summed E-state index contributed by atoms with van der Waals surface area (Å²) >= 11 is 0. The molecule has 27 heavy (non-hydrogen) atoms. The lowest BCUT2D eigenvalue weighted by Gasteiger charge is -2.26. The normalized spacial score (nSPS) is 14.7. The van der Waals surface area contributed by atoms with Crippen molar-refractivity contribution in [1.82, 2.24) is 0 Å². The maximum Gasteiger partial charge on any atom is 0.242 e. The Bertz CT molecular complexity index is 632. The van der Waals surface area contributed by atoms with Crippen LogP contribution in [0.25, 0.3) is 0 Å². The smallest absolute Gasteiger partial charge is 0.242 e. The van der Waals surface area contributed by atoms with Gasteiger partial charge in [-0.1, -0.05) is 71.6 Å². The number of benzene rings is 1. The zero-order valence-electron chi connectivity index (χ0n) is 18.8. The summed E-state index contributed by atoms with van der Waals surface area (Å²) in [6.45, 7) is 17.1. The summed E-state index contributed by atoms with van der Waals surface area (Å²) in [6.07, 6.45) is 6.22. The summed E-state index contributed by atoms with van der Waals surface area (Å²) in [5.74, 6) is 0.476. The fourth-order valence-electron chi connectivity index (χ4n) is 4.35. The van der Waals surface area contributed by atoms with Crippen LogP contribution in [0.15, 0.2) is 12.1 Å². The Hall–Kier alpha value is -1.01. The number of aryl methyl sites for hydroxylation is 3. The quantitative estimate of drug-likeness (QED) is 0.299. The van der Waals surface area contributed by atoms with Crippen LogP contribution in [0.2, 0.25) is 0 Å². The van der Waals surface area contributed by atoms with E-state index in [1.54, 1.807) is 0 Å². The van der Waals surface area contributed by atoms with E-state index < -0.39 is 7.80 Å². The van der Waals surface area contributed by atoms with Gasteiger partial charge < -0.3 is 0 Å². The molecule has 0 bridgehead atoms. The van der Waals surface area contributed by atoms with Crippen molar-refractivity contribution in [1.29, 1.82) is 0 Å². The van der Waals surface area contributed by atoms with Gasteiger partial charge in [-0.3, -0.25) is 9.36 Å². The minimum absolute atomic E-state index is 0.00324. The first kappa shape index (κ1) is 24.0. The summed E-state index contributed by atoms with van der Waals surface area (Å²) in [5.41, 5.74) is 3.86. The minimum Gasteiger partial charge on any atom is -0.281 e. The van der Waals surface area contributed by atoms with Crippen LogP contribution >= 0.6 is 7.80 Å². The number of carbonyl (C=O) groups excluding carboxylic acids is 1. The van der Waals surface area contributed by atoms with E-state index in [2.05, 4.69) is 34.6 Å². The van der Waals surface area contributed by atoms with Gasteiger partial charge in [0.05, 0.1) is 0 Å². The predicted molar refractivity (Wildman–Crippen MR) is 118 cm³/mol. The summed E-state index contributed by atoms with van der Waals surface area (Å²) < 4.78 is 13.3. The molecule has 0 heterocycles. The average Bonchev–Trinajstić information content (AvgIpc) is 2.50. The second-order valence-corrected chi connectivity index (χ2v) is 11.4. The standard InChI is InChI=1S/C24H40O2P/c1-9-10-11-12-21(15-18(3)16-24(6,7)8)27(26)23(25)22-19(4)13-17(2)14-20(22)5/h13-14,18,21H,9-12,15-16H2,1-8H3. The van der Waals surface area contributed by atoms with Crippen molar-refractivity contribution in [2.24, 2.45) is 11.3 Å². The van der Waals surface area contributed by atoms with E-state index in [0.29, 0.717) is 11.5 Å². The van der Waals surface area contributed by atoms with Crippen molar-refractivity contribution in [3.8, 4) is 0 Å². The first-order valence-corrected chi connectivity index (χ1v) is 11.9. The summed E-state index contributed by atoms with van der Waals surface area (Å²) in [4.78, 5) is 13.2. The second-order valence-electron chi connectivity index (χ2n) is 9.66. The molecule has 0 aromatic heterocycles. The van der Waals surface area contributed by atoms with Crippen molar-refractivity contribution >= 4 is 13.3 Å². The molecule has 0 saturated heterocycles. The van der Waals surface area contributed by atoms with Gasteiger partial charge in [0.15, 0.2) is 0 Å². The molecule has 3 unspecified atom stereocenters. The molecule has 0 aliphatic rings. The van der Waals surface area contributed by atoms with Gasteiger partial charge in [0.25, 0.3) is 0 Å². The molecule has 0 saturated carbocycles. The third-order valence-electron chi connectivity index (χ3n) is 5.20. The predicted octanol–water partition coefficient (Wildman–Crippen LogP) is 7.99. The second kappa shape index (κ2) is 10.5. The van der Waals surface area contributed by atoms with E-state index in [1.165, 1.54) is 0 Å². The number of unbranched alkanes of at least 4 members (excludes halogenated alkanes) is 2. The van der Waals surface area contributed by atoms with Gasteiger partial charge in [-0.05, 0) is 62.5 Å². The van der Waals surface area contributed by atoms with Crippen LogP contribution in [-0.4, -0.2) is 11.2 Å². The third-order valence-corrected chi connectivity index (χ3v) is 6.96. The lowest BCUT2D eigenvalue weighted by molar-refractivity contribution is 0.107. The molecule has 1 aromatic rings. The third kappa shape index (κ3) is 7.86. The van der Waals surface area contributed by atoms with Gasteiger partial charge in [-0.25, -0.2) is 0 Å².